The number of nitrogens with one attached hydrogen (secondary N) is 2. The van der Waals surface area contributed by atoms with E-state index in [1.54, 1.807) is 18.2 Å². The van der Waals surface area contributed by atoms with Crippen LogP contribution in [-0.4, -0.2) is 24.1 Å². The van der Waals surface area contributed by atoms with E-state index < -0.39 is 0 Å². The fourth-order valence-corrected chi connectivity index (χ4v) is 2.27. The fraction of sp³-hybridized carbons (Fsp3) is 0.438. The van der Waals surface area contributed by atoms with Crippen LogP contribution in [0.4, 0.5) is 5.69 Å². The summed E-state index contributed by atoms with van der Waals surface area (Å²) in [6.07, 6.45) is 2.69. The highest BCUT2D eigenvalue weighted by molar-refractivity contribution is 6.02. The Hall–Kier alpha value is -2.17. The summed E-state index contributed by atoms with van der Waals surface area (Å²) in [6.45, 7) is 2.72. The van der Waals surface area contributed by atoms with Crippen molar-refractivity contribution >= 4 is 23.3 Å². The molecule has 1 aliphatic rings. The van der Waals surface area contributed by atoms with Crippen molar-refractivity contribution in [3.63, 3.8) is 0 Å². The number of benzene rings is 1. The lowest BCUT2D eigenvalue weighted by Crippen LogP contribution is -2.24. The molecule has 2 rings (SSSR count). The number of carbonyl (C=O) groups excluding carboxylic acids is 3. The zero-order valence-corrected chi connectivity index (χ0v) is 12.2. The summed E-state index contributed by atoms with van der Waals surface area (Å²) in [5, 5.41) is 5.52. The van der Waals surface area contributed by atoms with E-state index in [4.69, 9.17) is 0 Å². The van der Waals surface area contributed by atoms with E-state index in [0.717, 1.165) is 24.1 Å². The molecule has 0 aliphatic carbocycles. The van der Waals surface area contributed by atoms with Crippen LogP contribution in [0.2, 0.25) is 0 Å². The standard InChI is InChI=1S/C16H20N2O3/c1-2-3-8-17-15(20)7-6-14(19)11-4-5-13-12(9-11)10-16(21)18-13/h4-5,9H,2-3,6-8,10H2,1H3,(H,17,20)(H,18,21). The molecule has 5 heteroatoms. The second kappa shape index (κ2) is 7.02. The third-order valence-electron chi connectivity index (χ3n) is 3.48. The van der Waals surface area contributed by atoms with E-state index in [1.807, 2.05) is 0 Å². The van der Waals surface area contributed by atoms with E-state index in [1.165, 1.54) is 0 Å². The Morgan fingerprint density at radius 2 is 2.10 bits per heavy atom. The van der Waals surface area contributed by atoms with Gasteiger partial charge in [0.25, 0.3) is 0 Å². The van der Waals surface area contributed by atoms with Crippen LogP contribution in [0.15, 0.2) is 18.2 Å². The van der Waals surface area contributed by atoms with Crippen molar-refractivity contribution in [3.8, 4) is 0 Å². The molecular formula is C16H20N2O3. The van der Waals surface area contributed by atoms with Crippen LogP contribution in [-0.2, 0) is 16.0 Å². The largest absolute Gasteiger partial charge is 0.356 e. The zero-order chi connectivity index (χ0) is 15.2. The number of hydrogen-bond donors (Lipinski definition) is 2. The van der Waals surface area contributed by atoms with E-state index in [9.17, 15) is 14.4 Å². The predicted molar refractivity (Wildman–Crippen MR) is 80.3 cm³/mol. The molecule has 0 aromatic heterocycles. The van der Waals surface area contributed by atoms with Crippen molar-refractivity contribution in [2.75, 3.05) is 11.9 Å². The first kappa shape index (κ1) is 15.2. The molecule has 0 saturated carbocycles. The molecule has 0 radical (unpaired) electrons. The number of unbranched alkanes of at least 4 members (excludes halogenated alkanes) is 1. The molecule has 2 amide bonds. The normalized spacial score (nSPS) is 12.7. The summed E-state index contributed by atoms with van der Waals surface area (Å²) in [4.78, 5) is 34.9. The highest BCUT2D eigenvalue weighted by Gasteiger charge is 2.19. The lowest BCUT2D eigenvalue weighted by Gasteiger charge is -2.05. The number of carbonyl (C=O) groups is 3. The van der Waals surface area contributed by atoms with Crippen LogP contribution in [0.5, 0.6) is 0 Å². The van der Waals surface area contributed by atoms with Crippen LogP contribution < -0.4 is 10.6 Å². The Morgan fingerprint density at radius 1 is 1.29 bits per heavy atom. The molecule has 2 N–H and O–H groups in total. The van der Waals surface area contributed by atoms with Gasteiger partial charge in [-0.1, -0.05) is 13.3 Å². The van der Waals surface area contributed by atoms with Gasteiger partial charge in [0.05, 0.1) is 6.42 Å². The van der Waals surface area contributed by atoms with Crippen molar-refractivity contribution in [1.29, 1.82) is 0 Å². The number of hydrogen-bond acceptors (Lipinski definition) is 3. The lowest BCUT2D eigenvalue weighted by molar-refractivity contribution is -0.121. The number of rotatable bonds is 7. The number of Topliss-reactive ketones (excluding diaryl/α,β-unsaturated/α-hetero) is 1. The van der Waals surface area contributed by atoms with Gasteiger partial charge in [0, 0.05) is 30.6 Å². The van der Waals surface area contributed by atoms with Gasteiger partial charge in [-0.15, -0.1) is 0 Å². The van der Waals surface area contributed by atoms with Gasteiger partial charge < -0.3 is 10.6 Å². The van der Waals surface area contributed by atoms with Crippen molar-refractivity contribution < 1.29 is 14.4 Å². The smallest absolute Gasteiger partial charge is 0.228 e. The molecule has 0 fully saturated rings. The quantitative estimate of drug-likeness (QED) is 0.595. The number of anilines is 1. The summed E-state index contributed by atoms with van der Waals surface area (Å²) in [5.74, 6) is -0.206. The summed E-state index contributed by atoms with van der Waals surface area (Å²) in [6, 6.07) is 5.18. The average molecular weight is 288 g/mol. The Bertz CT molecular complexity index is 567. The van der Waals surface area contributed by atoms with Crippen molar-refractivity contribution in [3.05, 3.63) is 29.3 Å². The highest BCUT2D eigenvalue weighted by atomic mass is 16.2. The lowest BCUT2D eigenvalue weighted by atomic mass is 10.0. The number of amides is 2. The zero-order valence-electron chi connectivity index (χ0n) is 12.2. The maximum absolute atomic E-state index is 12.1. The molecule has 0 saturated heterocycles. The summed E-state index contributed by atoms with van der Waals surface area (Å²) in [5.41, 5.74) is 2.18. The third-order valence-corrected chi connectivity index (χ3v) is 3.48. The molecule has 1 aliphatic heterocycles. The van der Waals surface area contributed by atoms with E-state index in [2.05, 4.69) is 17.6 Å². The average Bonchev–Trinajstić information content (AvgIpc) is 2.84. The topological polar surface area (TPSA) is 75.3 Å². The van der Waals surface area contributed by atoms with Gasteiger partial charge in [-0.05, 0) is 30.2 Å². The maximum atomic E-state index is 12.1. The van der Waals surface area contributed by atoms with Crippen LogP contribution in [0.3, 0.4) is 0 Å². The Balaban J connectivity index is 1.85. The Labute approximate surface area is 124 Å². The van der Waals surface area contributed by atoms with E-state index >= 15 is 0 Å². The monoisotopic (exact) mass is 288 g/mol. The van der Waals surface area contributed by atoms with Gasteiger partial charge in [-0.25, -0.2) is 0 Å². The maximum Gasteiger partial charge on any atom is 0.228 e. The van der Waals surface area contributed by atoms with E-state index in [0.29, 0.717) is 18.5 Å². The molecule has 0 unspecified atom stereocenters. The minimum atomic E-state index is -0.0881. The van der Waals surface area contributed by atoms with E-state index in [-0.39, 0.29) is 30.4 Å². The minimum Gasteiger partial charge on any atom is -0.356 e. The van der Waals surface area contributed by atoms with Crippen LogP contribution >= 0.6 is 0 Å². The Morgan fingerprint density at radius 3 is 2.86 bits per heavy atom. The second-order valence-electron chi connectivity index (χ2n) is 5.22. The molecule has 1 aromatic carbocycles. The fourth-order valence-electron chi connectivity index (χ4n) is 2.27. The van der Waals surface area contributed by atoms with Crippen LogP contribution in [0, 0.1) is 0 Å². The SMILES string of the molecule is CCCCNC(=O)CCC(=O)c1ccc2c(c1)CC(=O)N2. The first-order valence-electron chi connectivity index (χ1n) is 7.33. The number of ketones is 1. The molecule has 1 aromatic rings. The second-order valence-corrected chi connectivity index (χ2v) is 5.22. The third kappa shape index (κ3) is 4.15. The van der Waals surface area contributed by atoms with Crippen molar-refractivity contribution in [2.24, 2.45) is 0 Å². The number of fused-ring (bicyclic) bond motifs is 1. The summed E-state index contributed by atoms with van der Waals surface area (Å²) in [7, 11) is 0. The summed E-state index contributed by atoms with van der Waals surface area (Å²) < 4.78 is 0. The van der Waals surface area contributed by atoms with Gasteiger partial charge in [0.2, 0.25) is 11.8 Å². The highest BCUT2D eigenvalue weighted by Crippen LogP contribution is 2.24. The van der Waals surface area contributed by atoms with Gasteiger partial charge in [0.15, 0.2) is 5.78 Å². The molecule has 112 valence electrons. The van der Waals surface area contributed by atoms with Crippen molar-refractivity contribution in [1.82, 2.24) is 5.32 Å². The summed E-state index contributed by atoms with van der Waals surface area (Å²) >= 11 is 0. The first-order chi connectivity index (χ1) is 10.1. The molecule has 5 nitrogen and oxygen atoms in total. The molecule has 0 bridgehead atoms. The molecule has 0 atom stereocenters. The molecule has 1 heterocycles. The Kier molecular flexibility index (Phi) is 5.09. The van der Waals surface area contributed by atoms with Crippen LogP contribution in [0.25, 0.3) is 0 Å². The van der Waals surface area contributed by atoms with Gasteiger partial charge in [-0.3, -0.25) is 14.4 Å². The van der Waals surface area contributed by atoms with Crippen molar-refractivity contribution in [2.45, 2.75) is 39.0 Å². The molecule has 21 heavy (non-hydrogen) atoms. The molecular weight excluding hydrogens is 268 g/mol. The van der Waals surface area contributed by atoms with Gasteiger partial charge in [0.1, 0.15) is 0 Å². The first-order valence-corrected chi connectivity index (χ1v) is 7.33. The minimum absolute atomic E-state index is 0.0510. The predicted octanol–water partition coefficient (Wildman–Crippen LogP) is 2.06. The van der Waals surface area contributed by atoms with Gasteiger partial charge in [-0.2, -0.15) is 0 Å². The van der Waals surface area contributed by atoms with Crippen LogP contribution in [0.1, 0.15) is 48.5 Å². The van der Waals surface area contributed by atoms with Gasteiger partial charge >= 0.3 is 0 Å². The molecule has 0 spiro atoms.